The van der Waals surface area contributed by atoms with E-state index in [1.165, 1.54) is 6.92 Å². The van der Waals surface area contributed by atoms with E-state index >= 15 is 0 Å². The lowest BCUT2D eigenvalue weighted by molar-refractivity contribution is -0.145. The normalized spacial score (nSPS) is 11.9. The van der Waals surface area contributed by atoms with Gasteiger partial charge >= 0.3 is 5.97 Å². The Morgan fingerprint density at radius 1 is 1.57 bits per heavy atom. The molecule has 0 amide bonds. The summed E-state index contributed by atoms with van der Waals surface area (Å²) in [6.45, 7) is 7.54. The maximum Gasteiger partial charge on any atom is 0.307 e. The molecule has 0 aromatic rings. The number of esters is 1. The molecule has 0 aliphatic carbocycles. The maximum atomic E-state index is 11.1. The van der Waals surface area contributed by atoms with Gasteiger partial charge in [-0.25, -0.2) is 0 Å². The van der Waals surface area contributed by atoms with Gasteiger partial charge in [-0.05, 0) is 13.8 Å². The summed E-state index contributed by atoms with van der Waals surface area (Å²) in [5.74, 6) is -0.427. The van der Waals surface area contributed by atoms with Crippen molar-refractivity contribution in [1.29, 1.82) is 0 Å². The van der Waals surface area contributed by atoms with Gasteiger partial charge in [-0.15, -0.1) is 6.58 Å². The van der Waals surface area contributed by atoms with E-state index in [1.807, 2.05) is 0 Å². The molecule has 0 spiro atoms. The van der Waals surface area contributed by atoms with Gasteiger partial charge in [-0.1, -0.05) is 6.08 Å². The minimum absolute atomic E-state index is 0.0695. The molecular weight excluding hydrogens is 182 g/mol. The summed E-state index contributed by atoms with van der Waals surface area (Å²) in [4.78, 5) is 22.2. The second-order valence-electron chi connectivity index (χ2n) is 2.87. The van der Waals surface area contributed by atoms with Crippen LogP contribution < -0.4 is 5.32 Å². The maximum absolute atomic E-state index is 11.1. The molecule has 4 heteroatoms. The van der Waals surface area contributed by atoms with Crippen molar-refractivity contribution in [2.45, 2.75) is 26.3 Å². The Morgan fingerprint density at radius 3 is 2.64 bits per heavy atom. The number of rotatable bonds is 7. The van der Waals surface area contributed by atoms with Crippen LogP contribution >= 0.6 is 0 Å². The summed E-state index contributed by atoms with van der Waals surface area (Å²) in [5.41, 5.74) is 0. The van der Waals surface area contributed by atoms with Gasteiger partial charge < -0.3 is 10.1 Å². The second kappa shape index (κ2) is 7.26. The third-order valence-electron chi connectivity index (χ3n) is 1.68. The van der Waals surface area contributed by atoms with Crippen LogP contribution in [0.5, 0.6) is 0 Å². The molecule has 14 heavy (non-hydrogen) atoms. The fraction of sp³-hybridized carbons (Fsp3) is 0.600. The molecule has 1 atom stereocenters. The summed E-state index contributed by atoms with van der Waals surface area (Å²) >= 11 is 0. The molecule has 0 fully saturated rings. The van der Waals surface area contributed by atoms with Crippen LogP contribution in [0, 0.1) is 0 Å². The third-order valence-corrected chi connectivity index (χ3v) is 1.68. The van der Waals surface area contributed by atoms with E-state index in [1.54, 1.807) is 13.0 Å². The van der Waals surface area contributed by atoms with Gasteiger partial charge in [0, 0.05) is 6.54 Å². The van der Waals surface area contributed by atoms with Crippen LogP contribution in [0.1, 0.15) is 20.3 Å². The van der Waals surface area contributed by atoms with Gasteiger partial charge in [0.1, 0.15) is 5.78 Å². The van der Waals surface area contributed by atoms with Gasteiger partial charge in [-0.2, -0.15) is 0 Å². The number of carbonyl (C=O) groups excluding carboxylic acids is 2. The smallest absolute Gasteiger partial charge is 0.307 e. The highest BCUT2D eigenvalue weighted by Gasteiger charge is 2.17. The molecule has 0 aromatic carbocycles. The Morgan fingerprint density at radius 2 is 2.21 bits per heavy atom. The molecule has 0 saturated heterocycles. The third kappa shape index (κ3) is 5.48. The molecule has 0 radical (unpaired) electrons. The van der Waals surface area contributed by atoms with Gasteiger partial charge in [0.25, 0.3) is 0 Å². The summed E-state index contributed by atoms with van der Waals surface area (Å²) in [7, 11) is 0. The van der Waals surface area contributed by atoms with E-state index in [4.69, 9.17) is 4.74 Å². The van der Waals surface area contributed by atoms with Crippen LogP contribution in [0.25, 0.3) is 0 Å². The zero-order valence-corrected chi connectivity index (χ0v) is 8.71. The average molecular weight is 199 g/mol. The number of hydrogen-bond acceptors (Lipinski definition) is 4. The first-order valence-corrected chi connectivity index (χ1v) is 4.62. The van der Waals surface area contributed by atoms with Crippen LogP contribution in [-0.2, 0) is 14.3 Å². The van der Waals surface area contributed by atoms with E-state index < -0.39 is 6.04 Å². The van der Waals surface area contributed by atoms with Crippen LogP contribution in [0.4, 0.5) is 0 Å². The van der Waals surface area contributed by atoms with Crippen molar-refractivity contribution in [1.82, 2.24) is 5.32 Å². The molecule has 80 valence electrons. The minimum Gasteiger partial charge on any atom is -0.466 e. The van der Waals surface area contributed by atoms with Gasteiger partial charge in [0.2, 0.25) is 0 Å². The lowest BCUT2D eigenvalue weighted by Crippen LogP contribution is -2.37. The molecule has 1 N–H and O–H groups in total. The summed E-state index contributed by atoms with van der Waals surface area (Å²) in [6.07, 6.45) is 1.72. The van der Waals surface area contributed by atoms with Crippen molar-refractivity contribution < 1.29 is 14.3 Å². The Balaban J connectivity index is 4.01. The SMILES string of the molecule is C=CCNC(CC(=O)OCC)C(C)=O. The predicted molar refractivity (Wildman–Crippen MR) is 53.9 cm³/mol. The largest absolute Gasteiger partial charge is 0.466 e. The molecule has 0 rings (SSSR count). The summed E-state index contributed by atoms with van der Waals surface area (Å²) in [6, 6.07) is -0.466. The Hall–Kier alpha value is -1.16. The molecule has 4 nitrogen and oxygen atoms in total. The van der Waals surface area contributed by atoms with E-state index in [-0.39, 0.29) is 18.2 Å². The van der Waals surface area contributed by atoms with Crippen LogP contribution in [-0.4, -0.2) is 30.9 Å². The van der Waals surface area contributed by atoms with Crippen molar-refractivity contribution in [3.05, 3.63) is 12.7 Å². The van der Waals surface area contributed by atoms with E-state index in [0.717, 1.165) is 0 Å². The predicted octanol–water partition coefficient (Wildman–Crippen LogP) is 0.673. The van der Waals surface area contributed by atoms with Crippen molar-refractivity contribution >= 4 is 11.8 Å². The monoisotopic (exact) mass is 199 g/mol. The molecule has 0 aromatic heterocycles. The topological polar surface area (TPSA) is 55.4 Å². The Labute approximate surface area is 84.3 Å². The first-order chi connectivity index (χ1) is 6.61. The molecule has 0 saturated carbocycles. The molecule has 0 aliphatic heterocycles. The first kappa shape index (κ1) is 12.8. The van der Waals surface area contributed by atoms with Gasteiger partial charge in [-0.3, -0.25) is 9.59 Å². The molecule has 0 bridgehead atoms. The second-order valence-corrected chi connectivity index (χ2v) is 2.87. The zero-order valence-electron chi connectivity index (χ0n) is 8.71. The Kier molecular flexibility index (Phi) is 6.66. The highest BCUT2D eigenvalue weighted by atomic mass is 16.5. The lowest BCUT2D eigenvalue weighted by atomic mass is 10.1. The highest BCUT2D eigenvalue weighted by molar-refractivity contribution is 5.86. The fourth-order valence-corrected chi connectivity index (χ4v) is 0.972. The van der Waals surface area contributed by atoms with E-state index in [9.17, 15) is 9.59 Å². The summed E-state index contributed by atoms with van der Waals surface area (Å²) in [5, 5.41) is 2.89. The number of Topliss-reactive ketones (excluding diaryl/α,β-unsaturated/α-hetero) is 1. The van der Waals surface area contributed by atoms with Gasteiger partial charge in [0.15, 0.2) is 0 Å². The van der Waals surface area contributed by atoms with Crippen molar-refractivity contribution in [3.8, 4) is 0 Å². The average Bonchev–Trinajstić information content (AvgIpc) is 2.12. The van der Waals surface area contributed by atoms with Crippen LogP contribution in [0.3, 0.4) is 0 Å². The lowest BCUT2D eigenvalue weighted by Gasteiger charge is -2.13. The number of hydrogen-bond donors (Lipinski definition) is 1. The first-order valence-electron chi connectivity index (χ1n) is 4.62. The molecule has 0 heterocycles. The number of carbonyl (C=O) groups is 2. The van der Waals surface area contributed by atoms with Crippen molar-refractivity contribution in [2.24, 2.45) is 0 Å². The van der Waals surface area contributed by atoms with Crippen LogP contribution in [0.2, 0.25) is 0 Å². The van der Waals surface area contributed by atoms with Crippen LogP contribution in [0.15, 0.2) is 12.7 Å². The quantitative estimate of drug-likeness (QED) is 0.483. The molecular formula is C10H17NO3. The van der Waals surface area contributed by atoms with Crippen molar-refractivity contribution in [2.75, 3.05) is 13.2 Å². The molecule has 1 unspecified atom stereocenters. The molecule has 0 aliphatic rings. The number of ether oxygens (including phenoxy) is 1. The van der Waals surface area contributed by atoms with E-state index in [2.05, 4.69) is 11.9 Å². The highest BCUT2D eigenvalue weighted by Crippen LogP contribution is 1.96. The number of ketones is 1. The summed E-state index contributed by atoms with van der Waals surface area (Å²) < 4.78 is 4.75. The standard InChI is InChI=1S/C10H17NO3/c1-4-6-11-9(8(3)12)7-10(13)14-5-2/h4,9,11H,1,5-7H2,2-3H3. The van der Waals surface area contributed by atoms with E-state index in [0.29, 0.717) is 13.2 Å². The van der Waals surface area contributed by atoms with Crippen molar-refractivity contribution in [3.63, 3.8) is 0 Å². The van der Waals surface area contributed by atoms with Gasteiger partial charge in [0.05, 0.1) is 19.1 Å². The fourth-order valence-electron chi connectivity index (χ4n) is 0.972. The Bertz CT molecular complexity index is 213. The minimum atomic E-state index is -0.466. The zero-order chi connectivity index (χ0) is 11.0. The number of nitrogens with one attached hydrogen (secondary N) is 1.